The van der Waals surface area contributed by atoms with Crippen LogP contribution in [0, 0.1) is 6.92 Å². The normalized spacial score (nSPS) is 11.4. The van der Waals surface area contributed by atoms with Crippen molar-refractivity contribution in [2.24, 2.45) is 12.0 Å². The Bertz CT molecular complexity index is 978. The van der Waals surface area contributed by atoms with Crippen molar-refractivity contribution in [3.8, 4) is 5.75 Å². The Labute approximate surface area is 171 Å². The molecule has 0 bridgehead atoms. The largest absolute Gasteiger partial charge is 0.494 e. The lowest BCUT2D eigenvalue weighted by Gasteiger charge is -2.12. The molecule has 0 amide bonds. The maximum atomic E-state index is 5.89. The molecule has 29 heavy (non-hydrogen) atoms. The van der Waals surface area contributed by atoms with Crippen molar-refractivity contribution in [2.75, 3.05) is 19.7 Å². The Morgan fingerprint density at radius 3 is 2.76 bits per heavy atom. The number of nitrogens with one attached hydrogen (secondary N) is 2. The van der Waals surface area contributed by atoms with Crippen molar-refractivity contribution < 1.29 is 4.74 Å². The van der Waals surface area contributed by atoms with Crippen LogP contribution in [0.5, 0.6) is 5.75 Å². The molecule has 0 unspecified atom stereocenters. The van der Waals surface area contributed by atoms with Gasteiger partial charge < -0.3 is 19.9 Å². The monoisotopic (exact) mass is 392 g/mol. The summed E-state index contributed by atoms with van der Waals surface area (Å²) >= 11 is 0. The summed E-state index contributed by atoms with van der Waals surface area (Å²) in [5.41, 5.74) is 0. The summed E-state index contributed by atoms with van der Waals surface area (Å²) in [6.07, 6.45) is 2.65. The Kier molecular flexibility index (Phi) is 7.22. The number of hydrogen-bond acceptors (Lipinski definition) is 4. The van der Waals surface area contributed by atoms with Gasteiger partial charge in [0.05, 0.1) is 6.61 Å². The van der Waals surface area contributed by atoms with Gasteiger partial charge in [-0.1, -0.05) is 36.4 Å². The number of nitrogens with zero attached hydrogens (tertiary/aromatic N) is 4. The number of hydrogen-bond donors (Lipinski definition) is 2. The second-order valence-electron chi connectivity index (χ2n) is 6.69. The molecular weight excluding hydrogens is 364 g/mol. The van der Waals surface area contributed by atoms with E-state index in [-0.39, 0.29) is 0 Å². The molecule has 7 nitrogen and oxygen atoms in total. The average Bonchev–Trinajstić information content (AvgIpc) is 3.07. The Morgan fingerprint density at radius 2 is 2.00 bits per heavy atom. The molecule has 2 aromatic carbocycles. The van der Waals surface area contributed by atoms with Crippen LogP contribution in [-0.4, -0.2) is 40.4 Å². The summed E-state index contributed by atoms with van der Waals surface area (Å²) < 4.78 is 7.82. The first-order valence-electron chi connectivity index (χ1n) is 9.77. The second-order valence-corrected chi connectivity index (χ2v) is 6.69. The van der Waals surface area contributed by atoms with Crippen LogP contribution in [0.15, 0.2) is 60.1 Å². The number of aliphatic imine (C=N–C) groups is 1. The fourth-order valence-electron chi connectivity index (χ4n) is 2.81. The van der Waals surface area contributed by atoms with E-state index in [1.165, 1.54) is 10.8 Å². The van der Waals surface area contributed by atoms with Crippen molar-refractivity contribution in [3.05, 3.63) is 66.8 Å². The molecule has 2 N–H and O–H groups in total. The number of rotatable bonds is 9. The SMILES string of the molecule is C=CCNC(=NCc1nnc(C)n1C)NCCCOc1ccc2ccccc2c1. The summed E-state index contributed by atoms with van der Waals surface area (Å²) in [5.74, 6) is 3.30. The molecule has 0 atom stereocenters. The minimum Gasteiger partial charge on any atom is -0.494 e. The topological polar surface area (TPSA) is 76.4 Å². The molecule has 0 aliphatic heterocycles. The zero-order chi connectivity index (χ0) is 20.5. The molecule has 0 fully saturated rings. The van der Waals surface area contributed by atoms with E-state index in [4.69, 9.17) is 4.74 Å². The average molecular weight is 393 g/mol. The standard InChI is InChI=1S/C22H28N6O/c1-4-12-23-22(25-16-21-27-26-17(2)28(21)3)24-13-7-14-29-20-11-10-18-8-5-6-9-19(18)15-20/h4-6,8-11,15H,1,7,12-14,16H2,2-3H3,(H2,23,24,25). The van der Waals surface area contributed by atoms with Gasteiger partial charge in [-0.15, -0.1) is 16.8 Å². The lowest BCUT2D eigenvalue weighted by Crippen LogP contribution is -2.38. The van der Waals surface area contributed by atoms with Gasteiger partial charge in [0.2, 0.25) is 0 Å². The highest BCUT2D eigenvalue weighted by molar-refractivity contribution is 5.83. The van der Waals surface area contributed by atoms with Crippen LogP contribution in [0.1, 0.15) is 18.1 Å². The first kappa shape index (κ1) is 20.4. The molecule has 0 saturated heterocycles. The second kappa shape index (κ2) is 10.3. The van der Waals surface area contributed by atoms with Gasteiger partial charge in [-0.3, -0.25) is 0 Å². The minimum absolute atomic E-state index is 0.456. The molecule has 1 heterocycles. The van der Waals surface area contributed by atoms with Crippen LogP contribution >= 0.6 is 0 Å². The van der Waals surface area contributed by atoms with Crippen molar-refractivity contribution in [1.82, 2.24) is 25.4 Å². The van der Waals surface area contributed by atoms with Gasteiger partial charge >= 0.3 is 0 Å². The Balaban J connectivity index is 1.46. The fourth-order valence-corrected chi connectivity index (χ4v) is 2.81. The molecule has 7 heteroatoms. The highest BCUT2D eigenvalue weighted by atomic mass is 16.5. The maximum absolute atomic E-state index is 5.89. The summed E-state index contributed by atoms with van der Waals surface area (Å²) in [4.78, 5) is 4.58. The number of ether oxygens (including phenoxy) is 1. The number of fused-ring (bicyclic) bond motifs is 1. The molecule has 3 rings (SSSR count). The van der Waals surface area contributed by atoms with Crippen LogP contribution in [0.2, 0.25) is 0 Å². The number of aryl methyl sites for hydroxylation is 1. The first-order valence-corrected chi connectivity index (χ1v) is 9.77. The first-order chi connectivity index (χ1) is 14.2. The molecule has 0 aliphatic rings. The molecule has 0 radical (unpaired) electrons. The van der Waals surface area contributed by atoms with Crippen LogP contribution in [0.3, 0.4) is 0 Å². The highest BCUT2D eigenvalue weighted by Gasteiger charge is 2.05. The Morgan fingerprint density at radius 1 is 1.17 bits per heavy atom. The van der Waals surface area contributed by atoms with Crippen LogP contribution in [0.4, 0.5) is 0 Å². The van der Waals surface area contributed by atoms with Gasteiger partial charge in [-0.2, -0.15) is 0 Å². The van der Waals surface area contributed by atoms with E-state index in [0.717, 1.165) is 36.3 Å². The molecule has 0 aliphatic carbocycles. The predicted octanol–water partition coefficient (Wildman–Crippen LogP) is 2.97. The molecular formula is C22H28N6O. The third-order valence-electron chi connectivity index (χ3n) is 4.58. The number of benzene rings is 2. The predicted molar refractivity (Wildman–Crippen MR) is 117 cm³/mol. The zero-order valence-corrected chi connectivity index (χ0v) is 17.1. The lowest BCUT2D eigenvalue weighted by atomic mass is 10.1. The fraction of sp³-hybridized carbons (Fsp3) is 0.318. The van der Waals surface area contributed by atoms with Crippen LogP contribution in [-0.2, 0) is 13.6 Å². The molecule has 3 aromatic rings. The molecule has 0 saturated carbocycles. The number of guanidine groups is 1. The van der Waals surface area contributed by atoms with E-state index in [9.17, 15) is 0 Å². The Hall–Kier alpha value is -3.35. The molecule has 152 valence electrons. The van der Waals surface area contributed by atoms with Crippen molar-refractivity contribution in [3.63, 3.8) is 0 Å². The summed E-state index contributed by atoms with van der Waals surface area (Å²) in [5, 5.41) is 17.1. The lowest BCUT2D eigenvalue weighted by molar-refractivity contribution is 0.311. The van der Waals surface area contributed by atoms with E-state index in [2.05, 4.69) is 56.7 Å². The third-order valence-corrected chi connectivity index (χ3v) is 4.58. The van der Waals surface area contributed by atoms with Crippen LogP contribution in [0.25, 0.3) is 10.8 Å². The summed E-state index contributed by atoms with van der Waals surface area (Å²) in [6, 6.07) is 14.4. The van der Waals surface area contributed by atoms with Gasteiger partial charge in [0.25, 0.3) is 0 Å². The van der Waals surface area contributed by atoms with Gasteiger partial charge in [0, 0.05) is 20.1 Å². The third kappa shape index (κ3) is 5.81. The number of aromatic nitrogens is 3. The summed E-state index contributed by atoms with van der Waals surface area (Å²) in [6.45, 7) is 8.13. The smallest absolute Gasteiger partial charge is 0.191 e. The maximum Gasteiger partial charge on any atom is 0.191 e. The van der Waals surface area contributed by atoms with Gasteiger partial charge in [-0.05, 0) is 36.2 Å². The molecule has 0 spiro atoms. The van der Waals surface area contributed by atoms with Crippen molar-refractivity contribution in [2.45, 2.75) is 19.9 Å². The van der Waals surface area contributed by atoms with E-state index < -0.39 is 0 Å². The zero-order valence-electron chi connectivity index (χ0n) is 17.1. The summed E-state index contributed by atoms with van der Waals surface area (Å²) in [7, 11) is 1.94. The van der Waals surface area contributed by atoms with Gasteiger partial charge in [-0.25, -0.2) is 4.99 Å². The van der Waals surface area contributed by atoms with E-state index >= 15 is 0 Å². The van der Waals surface area contributed by atoms with E-state index in [1.807, 2.05) is 36.7 Å². The van der Waals surface area contributed by atoms with Crippen molar-refractivity contribution in [1.29, 1.82) is 0 Å². The highest BCUT2D eigenvalue weighted by Crippen LogP contribution is 2.20. The minimum atomic E-state index is 0.456. The van der Waals surface area contributed by atoms with Gasteiger partial charge in [0.1, 0.15) is 18.1 Å². The van der Waals surface area contributed by atoms with Gasteiger partial charge in [0.15, 0.2) is 11.8 Å². The molecule has 1 aromatic heterocycles. The van der Waals surface area contributed by atoms with E-state index in [1.54, 1.807) is 6.08 Å². The van der Waals surface area contributed by atoms with Crippen molar-refractivity contribution >= 4 is 16.7 Å². The quantitative estimate of drug-likeness (QED) is 0.253. The van der Waals surface area contributed by atoms with E-state index in [0.29, 0.717) is 19.7 Å². The van der Waals surface area contributed by atoms with Crippen LogP contribution < -0.4 is 15.4 Å².